The van der Waals surface area contributed by atoms with Gasteiger partial charge >= 0.3 is 0 Å². The Hall–Kier alpha value is -1.89. The van der Waals surface area contributed by atoms with Gasteiger partial charge < -0.3 is 21.8 Å². The molecule has 0 aliphatic rings. The molecule has 88 valence electrons. The second kappa shape index (κ2) is 5.86. The van der Waals surface area contributed by atoms with Crippen LogP contribution in [0.15, 0.2) is 12.4 Å². The highest BCUT2D eigenvalue weighted by Gasteiger charge is 2.15. The van der Waals surface area contributed by atoms with Crippen molar-refractivity contribution in [3.8, 4) is 0 Å². The van der Waals surface area contributed by atoms with E-state index < -0.39 is 11.9 Å². The fraction of sp³-hybridized carbons (Fsp3) is 0.444. The molecule has 7 heteroatoms. The van der Waals surface area contributed by atoms with Gasteiger partial charge in [0.2, 0.25) is 11.8 Å². The van der Waals surface area contributed by atoms with Gasteiger partial charge in [0.15, 0.2) is 0 Å². The molecule has 1 unspecified atom stereocenters. The molecule has 2 amide bonds. The highest BCUT2D eigenvalue weighted by atomic mass is 16.2. The molecule has 1 aromatic rings. The molecule has 1 rings (SSSR count). The maximum Gasteiger partial charge on any atom is 0.237 e. The molecule has 0 aliphatic carbocycles. The van der Waals surface area contributed by atoms with Crippen LogP contribution in [0.3, 0.4) is 0 Å². The second-order valence-corrected chi connectivity index (χ2v) is 3.35. The third kappa shape index (κ3) is 4.09. The molecule has 0 saturated heterocycles. The van der Waals surface area contributed by atoms with E-state index >= 15 is 0 Å². The number of hydrogen-bond acceptors (Lipinski definition) is 4. The van der Waals surface area contributed by atoms with Crippen LogP contribution in [0.4, 0.5) is 0 Å². The first-order valence-corrected chi connectivity index (χ1v) is 4.89. The molecule has 16 heavy (non-hydrogen) atoms. The molecule has 0 aliphatic heterocycles. The largest absolute Gasteiger partial charge is 0.370 e. The number of hydrogen-bond donors (Lipinski definition) is 4. The number of imidazole rings is 1. The number of primary amides is 1. The van der Waals surface area contributed by atoms with Crippen molar-refractivity contribution in [2.75, 3.05) is 6.54 Å². The van der Waals surface area contributed by atoms with Gasteiger partial charge in [-0.25, -0.2) is 4.98 Å². The lowest BCUT2D eigenvalue weighted by molar-refractivity contribution is -0.126. The highest BCUT2D eigenvalue weighted by molar-refractivity contribution is 5.87. The van der Waals surface area contributed by atoms with Crippen molar-refractivity contribution in [1.29, 1.82) is 0 Å². The smallest absolute Gasteiger partial charge is 0.237 e. The molecular weight excluding hydrogens is 210 g/mol. The third-order valence-electron chi connectivity index (χ3n) is 1.97. The van der Waals surface area contributed by atoms with Crippen molar-refractivity contribution < 1.29 is 9.59 Å². The van der Waals surface area contributed by atoms with Crippen molar-refractivity contribution >= 4 is 11.8 Å². The molecule has 0 spiro atoms. The van der Waals surface area contributed by atoms with Crippen LogP contribution >= 0.6 is 0 Å². The van der Waals surface area contributed by atoms with Crippen LogP contribution < -0.4 is 16.8 Å². The van der Waals surface area contributed by atoms with Gasteiger partial charge in [-0.05, 0) is 0 Å². The lowest BCUT2D eigenvalue weighted by Gasteiger charge is -2.09. The van der Waals surface area contributed by atoms with Gasteiger partial charge in [0, 0.05) is 25.4 Å². The first-order valence-electron chi connectivity index (χ1n) is 4.89. The molecule has 0 saturated carbocycles. The molecule has 0 aromatic carbocycles. The van der Waals surface area contributed by atoms with Gasteiger partial charge in [0.25, 0.3) is 0 Å². The predicted molar refractivity (Wildman–Crippen MR) is 57.1 cm³/mol. The summed E-state index contributed by atoms with van der Waals surface area (Å²) in [5.41, 5.74) is 10.4. The van der Waals surface area contributed by atoms with Gasteiger partial charge in [0.05, 0.1) is 12.5 Å². The maximum atomic E-state index is 11.3. The van der Waals surface area contributed by atoms with Gasteiger partial charge in [0.1, 0.15) is 5.82 Å². The fourth-order valence-electron chi connectivity index (χ4n) is 1.18. The van der Waals surface area contributed by atoms with Crippen LogP contribution in [0.5, 0.6) is 0 Å². The fourth-order valence-corrected chi connectivity index (χ4v) is 1.18. The average molecular weight is 225 g/mol. The van der Waals surface area contributed by atoms with Crippen molar-refractivity contribution in [3.63, 3.8) is 0 Å². The zero-order valence-electron chi connectivity index (χ0n) is 8.77. The van der Waals surface area contributed by atoms with Crippen LogP contribution in [0.2, 0.25) is 0 Å². The molecule has 1 heterocycles. The maximum absolute atomic E-state index is 11.3. The number of amides is 2. The Kier molecular flexibility index (Phi) is 4.46. The predicted octanol–water partition coefficient (Wildman–Crippen LogP) is -1.73. The minimum Gasteiger partial charge on any atom is -0.370 e. The molecule has 0 bridgehead atoms. The Morgan fingerprint density at radius 2 is 2.31 bits per heavy atom. The summed E-state index contributed by atoms with van der Waals surface area (Å²) < 4.78 is 0. The summed E-state index contributed by atoms with van der Waals surface area (Å²) in [4.78, 5) is 28.8. The highest BCUT2D eigenvalue weighted by Crippen LogP contribution is 1.90. The van der Waals surface area contributed by atoms with E-state index in [1.165, 1.54) is 0 Å². The molecule has 7 nitrogen and oxygen atoms in total. The minimum atomic E-state index is -0.880. The molecule has 0 radical (unpaired) electrons. The number of carbonyl (C=O) groups is 2. The van der Waals surface area contributed by atoms with Crippen molar-refractivity contribution in [3.05, 3.63) is 18.2 Å². The van der Waals surface area contributed by atoms with E-state index in [2.05, 4.69) is 15.3 Å². The van der Waals surface area contributed by atoms with E-state index in [9.17, 15) is 9.59 Å². The second-order valence-electron chi connectivity index (χ2n) is 3.35. The van der Waals surface area contributed by atoms with Gasteiger partial charge in [-0.1, -0.05) is 0 Å². The lowest BCUT2D eigenvalue weighted by Crippen LogP contribution is -2.43. The normalized spacial score (nSPS) is 12.1. The van der Waals surface area contributed by atoms with Crippen LogP contribution in [0.1, 0.15) is 12.2 Å². The van der Waals surface area contributed by atoms with Gasteiger partial charge in [-0.2, -0.15) is 0 Å². The van der Waals surface area contributed by atoms with Crippen molar-refractivity contribution in [1.82, 2.24) is 15.3 Å². The lowest BCUT2D eigenvalue weighted by atomic mass is 10.2. The molecule has 6 N–H and O–H groups in total. The van der Waals surface area contributed by atoms with E-state index in [0.29, 0.717) is 13.0 Å². The van der Waals surface area contributed by atoms with Crippen LogP contribution in [0, 0.1) is 0 Å². The number of H-pyrrole nitrogens is 1. The van der Waals surface area contributed by atoms with Gasteiger partial charge in [-0.3, -0.25) is 9.59 Å². The Balaban J connectivity index is 2.22. The number of nitrogens with two attached hydrogens (primary N) is 2. The average Bonchev–Trinajstić information content (AvgIpc) is 2.69. The molecule has 1 atom stereocenters. The van der Waals surface area contributed by atoms with E-state index in [0.717, 1.165) is 5.82 Å². The van der Waals surface area contributed by atoms with E-state index in [4.69, 9.17) is 11.5 Å². The quantitative estimate of drug-likeness (QED) is 0.458. The Morgan fingerprint density at radius 1 is 1.56 bits per heavy atom. The standard InChI is InChI=1S/C9H15N5O2/c10-6(5-7(11)15)9(16)14-2-1-8-12-3-4-13-8/h3-4,6H,1-2,5,10H2,(H2,11,15)(H,12,13)(H,14,16). The first-order chi connectivity index (χ1) is 7.59. The summed E-state index contributed by atoms with van der Waals surface area (Å²) >= 11 is 0. The summed E-state index contributed by atoms with van der Waals surface area (Å²) in [7, 11) is 0. The van der Waals surface area contributed by atoms with E-state index in [1.54, 1.807) is 12.4 Å². The Labute approximate surface area is 92.6 Å². The SMILES string of the molecule is NC(=O)CC(N)C(=O)NCCc1ncc[nH]1. The zero-order valence-corrected chi connectivity index (χ0v) is 8.77. The minimum absolute atomic E-state index is 0.146. The van der Waals surface area contributed by atoms with Crippen LogP contribution in [0.25, 0.3) is 0 Å². The molecule has 1 aromatic heterocycles. The summed E-state index contributed by atoms with van der Waals surface area (Å²) in [6.07, 6.45) is 3.78. The zero-order chi connectivity index (χ0) is 12.0. The van der Waals surface area contributed by atoms with Crippen molar-refractivity contribution in [2.45, 2.75) is 18.9 Å². The number of nitrogens with one attached hydrogen (secondary N) is 2. The summed E-state index contributed by atoms with van der Waals surface area (Å²) in [5, 5.41) is 2.59. The number of aromatic amines is 1. The first kappa shape index (κ1) is 12.2. The van der Waals surface area contributed by atoms with E-state index in [1.807, 2.05) is 0 Å². The topological polar surface area (TPSA) is 127 Å². The number of aromatic nitrogens is 2. The van der Waals surface area contributed by atoms with E-state index in [-0.39, 0.29) is 12.3 Å². The van der Waals surface area contributed by atoms with Crippen LogP contribution in [-0.2, 0) is 16.0 Å². The summed E-state index contributed by atoms with van der Waals surface area (Å²) in [6, 6.07) is -0.880. The Bertz CT molecular complexity index is 349. The number of rotatable bonds is 6. The summed E-state index contributed by atoms with van der Waals surface area (Å²) in [6.45, 7) is 0.415. The van der Waals surface area contributed by atoms with Crippen molar-refractivity contribution in [2.24, 2.45) is 11.5 Å². The van der Waals surface area contributed by atoms with Crippen LogP contribution in [-0.4, -0.2) is 34.4 Å². The third-order valence-corrected chi connectivity index (χ3v) is 1.97. The molecule has 0 fully saturated rings. The number of nitrogens with zero attached hydrogens (tertiary/aromatic N) is 1. The summed E-state index contributed by atoms with van der Waals surface area (Å²) in [5.74, 6) is -0.192. The monoisotopic (exact) mass is 225 g/mol. The Morgan fingerprint density at radius 3 is 2.88 bits per heavy atom. The number of carbonyl (C=O) groups excluding carboxylic acids is 2. The molecular formula is C9H15N5O2. The van der Waals surface area contributed by atoms with Gasteiger partial charge in [-0.15, -0.1) is 0 Å².